The van der Waals surface area contributed by atoms with Crippen LogP contribution in [0.2, 0.25) is 0 Å². The Morgan fingerprint density at radius 3 is 2.24 bits per heavy atom. The molecule has 0 saturated carbocycles. The second kappa shape index (κ2) is 12.4. The molecule has 2 atom stereocenters. The number of esters is 1. The van der Waals surface area contributed by atoms with Gasteiger partial charge in [-0.3, -0.25) is 9.59 Å². The zero-order chi connectivity index (χ0) is 21.8. The zero-order valence-corrected chi connectivity index (χ0v) is 16.8. The standard InChI is InChI=1S/C20H28N2O7/c1-13(2)11-16(22-20(27)29-12-14-7-5-4-6-8-14)18(24)21-15(19(25)26)9-10-17(23)28-3/h4-8,13,15-16H,9-12H2,1-3H3,(H,21,24)(H,22,27)(H,25,26)/t15-,16-/m0/s1. The minimum atomic E-state index is -1.28. The van der Waals surface area contributed by atoms with Gasteiger partial charge in [0.2, 0.25) is 5.91 Å². The van der Waals surface area contributed by atoms with Crippen LogP contribution in [0.3, 0.4) is 0 Å². The number of benzene rings is 1. The van der Waals surface area contributed by atoms with Crippen LogP contribution in [-0.2, 0) is 30.5 Å². The molecular formula is C20H28N2O7. The van der Waals surface area contributed by atoms with Crippen molar-refractivity contribution in [3.63, 3.8) is 0 Å². The third-order valence-electron chi connectivity index (χ3n) is 4.01. The third kappa shape index (κ3) is 9.59. The van der Waals surface area contributed by atoms with Crippen molar-refractivity contribution in [2.75, 3.05) is 7.11 Å². The van der Waals surface area contributed by atoms with Crippen LogP contribution < -0.4 is 10.6 Å². The number of carbonyl (C=O) groups excluding carboxylic acids is 3. The van der Waals surface area contributed by atoms with E-state index in [0.29, 0.717) is 0 Å². The molecule has 0 aromatic heterocycles. The quantitative estimate of drug-likeness (QED) is 0.476. The van der Waals surface area contributed by atoms with E-state index in [1.165, 1.54) is 7.11 Å². The molecule has 1 aromatic carbocycles. The van der Waals surface area contributed by atoms with Crippen LogP contribution in [0, 0.1) is 5.92 Å². The van der Waals surface area contributed by atoms with Crippen molar-refractivity contribution in [3.05, 3.63) is 35.9 Å². The second-order valence-electron chi connectivity index (χ2n) is 6.90. The third-order valence-corrected chi connectivity index (χ3v) is 4.01. The smallest absolute Gasteiger partial charge is 0.408 e. The first-order valence-electron chi connectivity index (χ1n) is 9.30. The molecule has 0 saturated heterocycles. The lowest BCUT2D eigenvalue weighted by molar-refractivity contribution is -0.144. The summed E-state index contributed by atoms with van der Waals surface area (Å²) in [5.41, 5.74) is 0.793. The maximum Gasteiger partial charge on any atom is 0.408 e. The van der Waals surface area contributed by atoms with Crippen molar-refractivity contribution in [2.24, 2.45) is 5.92 Å². The summed E-state index contributed by atoms with van der Waals surface area (Å²) in [7, 11) is 1.19. The molecule has 0 aliphatic rings. The number of rotatable bonds is 11. The zero-order valence-electron chi connectivity index (χ0n) is 16.8. The monoisotopic (exact) mass is 408 g/mol. The fraction of sp³-hybridized carbons (Fsp3) is 0.500. The number of amides is 2. The number of carboxylic acid groups (broad SMARTS) is 1. The van der Waals surface area contributed by atoms with Gasteiger partial charge in [0.05, 0.1) is 7.11 Å². The first-order valence-corrected chi connectivity index (χ1v) is 9.30. The van der Waals surface area contributed by atoms with E-state index in [1.54, 1.807) is 12.1 Å². The summed E-state index contributed by atoms with van der Waals surface area (Å²) < 4.78 is 9.61. The molecule has 9 heteroatoms. The summed E-state index contributed by atoms with van der Waals surface area (Å²) in [6.45, 7) is 3.77. The van der Waals surface area contributed by atoms with Gasteiger partial charge in [-0.1, -0.05) is 44.2 Å². The molecular weight excluding hydrogens is 380 g/mol. The molecule has 0 unspecified atom stereocenters. The van der Waals surface area contributed by atoms with Gasteiger partial charge in [0.15, 0.2) is 0 Å². The van der Waals surface area contributed by atoms with Crippen LogP contribution in [0.4, 0.5) is 4.79 Å². The summed E-state index contributed by atoms with van der Waals surface area (Å²) in [4.78, 5) is 47.3. The predicted molar refractivity (Wildman–Crippen MR) is 104 cm³/mol. The van der Waals surface area contributed by atoms with Gasteiger partial charge in [-0.15, -0.1) is 0 Å². The molecule has 0 fully saturated rings. The van der Waals surface area contributed by atoms with E-state index >= 15 is 0 Å². The largest absolute Gasteiger partial charge is 0.480 e. The van der Waals surface area contributed by atoms with E-state index in [9.17, 15) is 24.3 Å². The Morgan fingerprint density at radius 2 is 1.69 bits per heavy atom. The minimum Gasteiger partial charge on any atom is -0.480 e. The Balaban J connectivity index is 2.68. The number of hydrogen-bond donors (Lipinski definition) is 3. The molecule has 0 spiro atoms. The van der Waals surface area contributed by atoms with Crippen molar-refractivity contribution in [2.45, 2.75) is 51.8 Å². The van der Waals surface area contributed by atoms with Crippen molar-refractivity contribution in [1.29, 1.82) is 0 Å². The van der Waals surface area contributed by atoms with Gasteiger partial charge < -0.3 is 25.2 Å². The highest BCUT2D eigenvalue weighted by Gasteiger charge is 2.28. The topological polar surface area (TPSA) is 131 Å². The fourth-order valence-electron chi connectivity index (χ4n) is 2.50. The summed E-state index contributed by atoms with van der Waals surface area (Å²) in [5.74, 6) is -2.46. The average molecular weight is 408 g/mol. The SMILES string of the molecule is COC(=O)CC[C@H](NC(=O)[C@H](CC(C)C)NC(=O)OCc1ccccc1)C(=O)O. The van der Waals surface area contributed by atoms with E-state index in [4.69, 9.17) is 4.74 Å². The number of carbonyl (C=O) groups is 4. The summed E-state index contributed by atoms with van der Waals surface area (Å²) in [6.07, 6.45) is -0.776. The van der Waals surface area contributed by atoms with Gasteiger partial charge in [0, 0.05) is 6.42 Å². The van der Waals surface area contributed by atoms with E-state index in [1.807, 2.05) is 32.0 Å². The van der Waals surface area contributed by atoms with Gasteiger partial charge in [0.1, 0.15) is 18.7 Å². The lowest BCUT2D eigenvalue weighted by Crippen LogP contribution is -2.52. The molecule has 2 amide bonds. The maximum absolute atomic E-state index is 12.6. The van der Waals surface area contributed by atoms with Crippen molar-refractivity contribution < 1.29 is 33.8 Å². The number of ether oxygens (including phenoxy) is 2. The minimum absolute atomic E-state index is 0.0412. The lowest BCUT2D eigenvalue weighted by Gasteiger charge is -2.22. The molecule has 160 valence electrons. The molecule has 29 heavy (non-hydrogen) atoms. The number of alkyl carbamates (subject to hydrolysis) is 1. The Labute approximate surface area is 169 Å². The molecule has 0 aliphatic heterocycles. The van der Waals surface area contributed by atoms with Crippen LogP contribution in [0.5, 0.6) is 0 Å². The van der Waals surface area contributed by atoms with Gasteiger partial charge in [0.25, 0.3) is 0 Å². The maximum atomic E-state index is 12.6. The number of aliphatic carboxylic acids is 1. The first-order chi connectivity index (χ1) is 13.7. The molecule has 1 rings (SSSR count). The fourth-order valence-corrected chi connectivity index (χ4v) is 2.50. The number of nitrogens with one attached hydrogen (secondary N) is 2. The van der Waals surface area contributed by atoms with E-state index in [-0.39, 0.29) is 31.8 Å². The van der Waals surface area contributed by atoms with Crippen LogP contribution in [0.25, 0.3) is 0 Å². The highest BCUT2D eigenvalue weighted by molar-refractivity contribution is 5.89. The molecule has 0 aliphatic carbocycles. The number of hydrogen-bond acceptors (Lipinski definition) is 6. The van der Waals surface area contributed by atoms with Crippen LogP contribution in [-0.4, -0.2) is 48.2 Å². The summed E-state index contributed by atoms with van der Waals surface area (Å²) in [5, 5.41) is 14.1. The Morgan fingerprint density at radius 1 is 1.03 bits per heavy atom. The van der Waals surface area contributed by atoms with Crippen LogP contribution in [0.1, 0.15) is 38.7 Å². The number of methoxy groups -OCH3 is 1. The van der Waals surface area contributed by atoms with Gasteiger partial charge in [-0.25, -0.2) is 9.59 Å². The van der Waals surface area contributed by atoms with E-state index in [0.717, 1.165) is 5.56 Å². The molecule has 9 nitrogen and oxygen atoms in total. The van der Waals surface area contributed by atoms with Crippen molar-refractivity contribution in [1.82, 2.24) is 10.6 Å². The van der Waals surface area contributed by atoms with Crippen LogP contribution in [0.15, 0.2) is 30.3 Å². The Bertz CT molecular complexity index is 691. The molecule has 3 N–H and O–H groups in total. The van der Waals surface area contributed by atoms with Crippen molar-refractivity contribution in [3.8, 4) is 0 Å². The summed E-state index contributed by atoms with van der Waals surface area (Å²) in [6, 6.07) is 6.80. The number of carboxylic acids is 1. The first kappa shape index (κ1) is 23.9. The van der Waals surface area contributed by atoms with Gasteiger partial charge in [-0.2, -0.15) is 0 Å². The normalized spacial score (nSPS) is 12.6. The molecule has 0 heterocycles. The Hall–Kier alpha value is -3.10. The highest BCUT2D eigenvalue weighted by atomic mass is 16.5. The highest BCUT2D eigenvalue weighted by Crippen LogP contribution is 2.08. The van der Waals surface area contributed by atoms with Crippen LogP contribution >= 0.6 is 0 Å². The van der Waals surface area contributed by atoms with Gasteiger partial charge in [-0.05, 0) is 24.3 Å². The summed E-state index contributed by atoms with van der Waals surface area (Å²) >= 11 is 0. The van der Waals surface area contributed by atoms with E-state index < -0.39 is 36.0 Å². The Kier molecular flexibility index (Phi) is 10.2. The molecule has 1 aromatic rings. The average Bonchev–Trinajstić information content (AvgIpc) is 2.68. The van der Waals surface area contributed by atoms with Crippen molar-refractivity contribution >= 4 is 23.9 Å². The predicted octanol–water partition coefficient (Wildman–Crippen LogP) is 1.85. The lowest BCUT2D eigenvalue weighted by atomic mass is 10.0. The van der Waals surface area contributed by atoms with E-state index in [2.05, 4.69) is 15.4 Å². The van der Waals surface area contributed by atoms with Gasteiger partial charge >= 0.3 is 18.0 Å². The second-order valence-corrected chi connectivity index (χ2v) is 6.90. The molecule has 0 bridgehead atoms. The molecule has 0 radical (unpaired) electrons.